The van der Waals surface area contributed by atoms with E-state index in [1.165, 1.54) is 22.3 Å². The Morgan fingerprint density at radius 2 is 1.71 bits per heavy atom. The predicted octanol–water partition coefficient (Wildman–Crippen LogP) is 3.08. The summed E-state index contributed by atoms with van der Waals surface area (Å²) in [4.78, 5) is 7.18. The fourth-order valence-corrected chi connectivity index (χ4v) is 3.27. The van der Waals surface area contributed by atoms with Gasteiger partial charge in [-0.25, -0.2) is 4.99 Å². The maximum atomic E-state index is 5.42. The molecule has 1 aliphatic rings. The van der Waals surface area contributed by atoms with Crippen molar-refractivity contribution in [1.29, 1.82) is 0 Å². The number of hydrogen-bond acceptors (Lipinski definition) is 3. The zero-order chi connectivity index (χ0) is 19.6. The molecule has 2 aromatic carbocycles. The second kappa shape index (κ2) is 10.8. The largest absolute Gasteiger partial charge is 0.379 e. The van der Waals surface area contributed by atoms with Gasteiger partial charge in [-0.1, -0.05) is 48.5 Å². The van der Waals surface area contributed by atoms with Crippen LogP contribution in [0.2, 0.25) is 0 Å². The van der Waals surface area contributed by atoms with E-state index in [-0.39, 0.29) is 0 Å². The first-order valence-electron chi connectivity index (χ1n) is 10.2. The number of hydrogen-bond donors (Lipinski definition) is 2. The maximum absolute atomic E-state index is 5.42. The lowest BCUT2D eigenvalue weighted by atomic mass is 10.1. The second-order valence-corrected chi connectivity index (χ2v) is 7.18. The van der Waals surface area contributed by atoms with Crippen molar-refractivity contribution in [1.82, 2.24) is 15.5 Å². The average Bonchev–Trinajstić information content (AvgIpc) is 2.73. The molecule has 1 saturated heterocycles. The lowest BCUT2D eigenvalue weighted by Crippen LogP contribution is -2.36. The predicted molar refractivity (Wildman–Crippen MR) is 115 cm³/mol. The molecule has 0 saturated carbocycles. The van der Waals surface area contributed by atoms with Gasteiger partial charge in [0.1, 0.15) is 0 Å². The van der Waals surface area contributed by atoms with E-state index in [0.29, 0.717) is 6.54 Å². The molecule has 0 spiro atoms. The summed E-state index contributed by atoms with van der Waals surface area (Å²) >= 11 is 0. The summed E-state index contributed by atoms with van der Waals surface area (Å²) in [5, 5.41) is 6.76. The molecule has 5 heteroatoms. The Hall–Kier alpha value is -2.37. The van der Waals surface area contributed by atoms with Gasteiger partial charge in [-0.2, -0.15) is 0 Å². The highest BCUT2D eigenvalue weighted by atomic mass is 16.5. The van der Waals surface area contributed by atoms with E-state index < -0.39 is 0 Å². The van der Waals surface area contributed by atoms with Gasteiger partial charge in [-0.05, 0) is 36.1 Å². The lowest BCUT2D eigenvalue weighted by Gasteiger charge is -2.26. The second-order valence-electron chi connectivity index (χ2n) is 7.18. The molecule has 1 fully saturated rings. The molecular weight excluding hydrogens is 348 g/mol. The van der Waals surface area contributed by atoms with Crippen LogP contribution in [0.25, 0.3) is 0 Å². The van der Waals surface area contributed by atoms with Crippen LogP contribution in [0.5, 0.6) is 0 Å². The fourth-order valence-electron chi connectivity index (χ4n) is 3.27. The van der Waals surface area contributed by atoms with Gasteiger partial charge in [-0.3, -0.25) is 4.90 Å². The van der Waals surface area contributed by atoms with E-state index in [1.807, 2.05) is 0 Å². The Morgan fingerprint density at radius 1 is 1.00 bits per heavy atom. The number of nitrogens with zero attached hydrogens (tertiary/aromatic N) is 2. The number of benzene rings is 2. The summed E-state index contributed by atoms with van der Waals surface area (Å²) in [5.41, 5.74) is 5.15. The Morgan fingerprint density at radius 3 is 2.43 bits per heavy atom. The van der Waals surface area contributed by atoms with E-state index in [4.69, 9.17) is 9.73 Å². The molecule has 0 atom stereocenters. The Labute approximate surface area is 168 Å². The van der Waals surface area contributed by atoms with Crippen molar-refractivity contribution in [2.75, 3.05) is 32.8 Å². The summed E-state index contributed by atoms with van der Waals surface area (Å²) in [7, 11) is 0. The standard InChI is InChI=1S/C23H32N4O/c1-3-24-23(26-17-22-7-5-4-6-19(22)2)25-16-20-8-10-21(11-9-20)18-27-12-14-28-15-13-27/h4-11H,3,12-18H2,1-2H3,(H2,24,25,26). The number of guanidine groups is 1. The highest BCUT2D eigenvalue weighted by molar-refractivity contribution is 5.79. The van der Waals surface area contributed by atoms with Crippen LogP contribution >= 0.6 is 0 Å². The van der Waals surface area contributed by atoms with Crippen molar-refractivity contribution in [2.45, 2.75) is 33.5 Å². The van der Waals surface area contributed by atoms with Crippen molar-refractivity contribution >= 4 is 5.96 Å². The molecule has 2 N–H and O–H groups in total. The molecule has 0 unspecified atom stereocenters. The molecule has 150 valence electrons. The van der Waals surface area contributed by atoms with Crippen LogP contribution in [0, 0.1) is 6.92 Å². The summed E-state index contributed by atoms with van der Waals surface area (Å²) in [6, 6.07) is 17.2. The minimum absolute atomic E-state index is 0.668. The Bertz CT molecular complexity index is 751. The monoisotopic (exact) mass is 380 g/mol. The number of ether oxygens (including phenoxy) is 1. The highest BCUT2D eigenvalue weighted by Gasteiger charge is 2.10. The minimum Gasteiger partial charge on any atom is -0.379 e. The van der Waals surface area contributed by atoms with Gasteiger partial charge >= 0.3 is 0 Å². The topological polar surface area (TPSA) is 48.9 Å². The van der Waals surface area contributed by atoms with E-state index in [9.17, 15) is 0 Å². The molecule has 0 aliphatic carbocycles. The first-order valence-corrected chi connectivity index (χ1v) is 10.2. The van der Waals surface area contributed by atoms with Gasteiger partial charge in [0.15, 0.2) is 5.96 Å². The third-order valence-electron chi connectivity index (χ3n) is 5.00. The van der Waals surface area contributed by atoms with Crippen LogP contribution in [0.3, 0.4) is 0 Å². The number of nitrogens with one attached hydrogen (secondary N) is 2. The van der Waals surface area contributed by atoms with Gasteiger partial charge in [0.05, 0.1) is 19.8 Å². The van der Waals surface area contributed by atoms with Gasteiger partial charge in [-0.15, -0.1) is 0 Å². The maximum Gasteiger partial charge on any atom is 0.191 e. The molecule has 0 radical (unpaired) electrons. The van der Waals surface area contributed by atoms with Crippen LogP contribution in [-0.2, 0) is 24.4 Å². The highest BCUT2D eigenvalue weighted by Crippen LogP contribution is 2.10. The number of aryl methyl sites for hydroxylation is 1. The van der Waals surface area contributed by atoms with Crippen LogP contribution in [0.1, 0.15) is 29.2 Å². The third kappa shape index (κ3) is 6.36. The first-order chi connectivity index (χ1) is 13.7. The minimum atomic E-state index is 0.668. The van der Waals surface area contributed by atoms with Gasteiger partial charge in [0.25, 0.3) is 0 Å². The quantitative estimate of drug-likeness (QED) is 0.572. The van der Waals surface area contributed by atoms with Crippen LogP contribution in [0.15, 0.2) is 53.5 Å². The molecule has 2 aromatic rings. The van der Waals surface area contributed by atoms with Crippen molar-refractivity contribution < 1.29 is 4.74 Å². The number of morpholine rings is 1. The third-order valence-corrected chi connectivity index (χ3v) is 5.00. The Balaban J connectivity index is 1.54. The summed E-state index contributed by atoms with van der Waals surface area (Å²) in [6.07, 6.45) is 0. The molecule has 28 heavy (non-hydrogen) atoms. The SMILES string of the molecule is CCNC(=NCc1ccc(CN2CCOCC2)cc1)NCc1ccccc1C. The molecule has 1 aliphatic heterocycles. The summed E-state index contributed by atoms with van der Waals surface area (Å²) < 4.78 is 5.42. The molecule has 1 heterocycles. The Kier molecular flexibility index (Phi) is 7.88. The van der Waals surface area contributed by atoms with Crippen LogP contribution < -0.4 is 10.6 Å². The molecule has 3 rings (SSSR count). The summed E-state index contributed by atoms with van der Waals surface area (Å²) in [6.45, 7) is 11.2. The van der Waals surface area contributed by atoms with E-state index in [1.54, 1.807) is 0 Å². The fraction of sp³-hybridized carbons (Fsp3) is 0.435. The van der Waals surface area contributed by atoms with Crippen molar-refractivity contribution in [3.63, 3.8) is 0 Å². The van der Waals surface area contributed by atoms with E-state index >= 15 is 0 Å². The van der Waals surface area contributed by atoms with Crippen LogP contribution in [-0.4, -0.2) is 43.7 Å². The van der Waals surface area contributed by atoms with E-state index in [2.05, 4.69) is 77.9 Å². The normalized spacial score (nSPS) is 15.4. The average molecular weight is 381 g/mol. The van der Waals surface area contributed by atoms with E-state index in [0.717, 1.165) is 51.9 Å². The molecule has 5 nitrogen and oxygen atoms in total. The molecule has 0 aromatic heterocycles. The first kappa shape index (κ1) is 20.4. The van der Waals surface area contributed by atoms with Crippen molar-refractivity contribution in [2.24, 2.45) is 4.99 Å². The number of rotatable bonds is 7. The number of aliphatic imine (C=N–C) groups is 1. The van der Waals surface area contributed by atoms with Crippen molar-refractivity contribution in [3.8, 4) is 0 Å². The molecule has 0 amide bonds. The van der Waals surface area contributed by atoms with Gasteiger partial charge < -0.3 is 15.4 Å². The van der Waals surface area contributed by atoms with Crippen molar-refractivity contribution in [3.05, 3.63) is 70.8 Å². The zero-order valence-electron chi connectivity index (χ0n) is 17.1. The van der Waals surface area contributed by atoms with Gasteiger partial charge in [0.2, 0.25) is 0 Å². The van der Waals surface area contributed by atoms with Gasteiger partial charge in [0, 0.05) is 32.7 Å². The lowest BCUT2D eigenvalue weighted by molar-refractivity contribution is 0.0342. The molecule has 0 bridgehead atoms. The molecular formula is C23H32N4O. The summed E-state index contributed by atoms with van der Waals surface area (Å²) in [5.74, 6) is 0.850. The smallest absolute Gasteiger partial charge is 0.191 e. The van der Waals surface area contributed by atoms with Crippen LogP contribution in [0.4, 0.5) is 0 Å². The zero-order valence-corrected chi connectivity index (χ0v) is 17.1.